The average molecular weight is 413 g/mol. The molecular weight excluding hydrogens is 383 g/mol. The predicted molar refractivity (Wildman–Crippen MR) is 113 cm³/mol. The van der Waals surface area contributed by atoms with E-state index in [1.165, 1.54) is 50.2 Å². The lowest BCUT2D eigenvalue weighted by Crippen LogP contribution is -2.33. The predicted octanol–water partition coefficient (Wildman–Crippen LogP) is 4.66. The Morgan fingerprint density at radius 1 is 1.23 bits per heavy atom. The van der Waals surface area contributed by atoms with Crippen molar-refractivity contribution in [1.82, 2.24) is 14.9 Å². The Morgan fingerprint density at radius 2 is 2.00 bits per heavy atom. The molecule has 0 unspecified atom stereocenters. The second-order valence-electron chi connectivity index (χ2n) is 8.84. The fourth-order valence-electron chi connectivity index (χ4n) is 4.57. The fourth-order valence-corrected chi connectivity index (χ4v) is 4.57. The number of amides is 1. The minimum absolute atomic E-state index is 0.0172. The molecule has 1 aromatic carbocycles. The number of benzene rings is 1. The van der Waals surface area contributed by atoms with Crippen LogP contribution >= 0.6 is 0 Å². The van der Waals surface area contributed by atoms with Gasteiger partial charge >= 0.3 is 0 Å². The molecule has 0 atom stereocenters. The van der Waals surface area contributed by atoms with Crippen LogP contribution in [0.5, 0.6) is 11.5 Å². The Hall–Kier alpha value is -2.70. The van der Waals surface area contributed by atoms with Gasteiger partial charge in [0.2, 0.25) is 0 Å². The number of hydrogen-bond donors (Lipinski definition) is 0. The van der Waals surface area contributed by atoms with Gasteiger partial charge in [0.25, 0.3) is 5.91 Å². The molecule has 1 spiro atoms. The van der Waals surface area contributed by atoms with E-state index in [1.54, 1.807) is 18.1 Å². The van der Waals surface area contributed by atoms with Gasteiger partial charge in [-0.2, -0.15) is 0 Å². The SMILES string of the molecule is CC(C)N(C)C(=O)c1cc(F)ccc1Oc1cncnc1N1CCC2(CCCC2)C1. The quantitative estimate of drug-likeness (QED) is 0.715. The van der Waals surface area contributed by atoms with Crippen molar-refractivity contribution in [1.29, 1.82) is 0 Å². The third-order valence-electron chi connectivity index (χ3n) is 6.55. The van der Waals surface area contributed by atoms with Crippen molar-refractivity contribution in [2.75, 3.05) is 25.0 Å². The van der Waals surface area contributed by atoms with Crippen molar-refractivity contribution >= 4 is 11.7 Å². The highest BCUT2D eigenvalue weighted by Crippen LogP contribution is 2.47. The van der Waals surface area contributed by atoms with E-state index in [9.17, 15) is 9.18 Å². The Morgan fingerprint density at radius 3 is 2.73 bits per heavy atom. The Bertz CT molecular complexity index is 927. The molecule has 1 aliphatic heterocycles. The Labute approximate surface area is 177 Å². The monoisotopic (exact) mass is 412 g/mol. The van der Waals surface area contributed by atoms with Crippen molar-refractivity contribution in [2.24, 2.45) is 5.41 Å². The van der Waals surface area contributed by atoms with E-state index < -0.39 is 5.82 Å². The number of aromatic nitrogens is 2. The maximum Gasteiger partial charge on any atom is 0.257 e. The zero-order chi connectivity index (χ0) is 21.3. The lowest BCUT2D eigenvalue weighted by Gasteiger charge is -2.25. The summed E-state index contributed by atoms with van der Waals surface area (Å²) in [4.78, 5) is 25.3. The number of halogens is 1. The van der Waals surface area contributed by atoms with E-state index in [0.717, 1.165) is 25.3 Å². The van der Waals surface area contributed by atoms with Crippen molar-refractivity contribution in [3.63, 3.8) is 0 Å². The first kappa shape index (κ1) is 20.6. The van der Waals surface area contributed by atoms with Crippen LogP contribution in [0, 0.1) is 11.2 Å². The van der Waals surface area contributed by atoms with E-state index in [0.29, 0.717) is 16.9 Å². The number of rotatable bonds is 5. The third kappa shape index (κ3) is 3.98. The van der Waals surface area contributed by atoms with Gasteiger partial charge in [-0.05, 0) is 56.7 Å². The van der Waals surface area contributed by atoms with Gasteiger partial charge in [-0.1, -0.05) is 12.8 Å². The molecule has 0 bridgehead atoms. The second-order valence-corrected chi connectivity index (χ2v) is 8.84. The number of nitrogens with zero attached hydrogens (tertiary/aromatic N) is 4. The fraction of sp³-hybridized carbons (Fsp3) is 0.522. The molecule has 160 valence electrons. The summed E-state index contributed by atoms with van der Waals surface area (Å²) in [6.07, 6.45) is 9.43. The smallest absolute Gasteiger partial charge is 0.257 e. The third-order valence-corrected chi connectivity index (χ3v) is 6.55. The molecule has 0 N–H and O–H groups in total. The lowest BCUT2D eigenvalue weighted by molar-refractivity contribution is 0.0751. The van der Waals surface area contributed by atoms with Crippen LogP contribution in [0.2, 0.25) is 0 Å². The van der Waals surface area contributed by atoms with E-state index in [-0.39, 0.29) is 17.5 Å². The number of carbonyl (C=O) groups is 1. The van der Waals surface area contributed by atoms with Crippen molar-refractivity contribution in [3.8, 4) is 11.5 Å². The number of carbonyl (C=O) groups excluding carboxylic acids is 1. The first-order valence-corrected chi connectivity index (χ1v) is 10.7. The molecule has 1 saturated carbocycles. The van der Waals surface area contributed by atoms with E-state index in [1.807, 2.05) is 13.8 Å². The van der Waals surface area contributed by atoms with Crippen LogP contribution in [0.25, 0.3) is 0 Å². The highest BCUT2D eigenvalue weighted by molar-refractivity contribution is 5.97. The molecule has 2 fully saturated rings. The summed E-state index contributed by atoms with van der Waals surface area (Å²) in [6.45, 7) is 5.71. The summed E-state index contributed by atoms with van der Waals surface area (Å²) in [5.41, 5.74) is 0.578. The average Bonchev–Trinajstić information content (AvgIpc) is 3.38. The van der Waals surface area contributed by atoms with Crippen LogP contribution in [0.1, 0.15) is 56.3 Å². The van der Waals surface area contributed by atoms with Gasteiger partial charge in [0.05, 0.1) is 11.8 Å². The van der Waals surface area contributed by atoms with Crippen molar-refractivity contribution < 1.29 is 13.9 Å². The lowest BCUT2D eigenvalue weighted by atomic mass is 9.86. The molecule has 4 rings (SSSR count). The van der Waals surface area contributed by atoms with Crippen LogP contribution in [-0.2, 0) is 0 Å². The largest absolute Gasteiger partial charge is 0.451 e. The van der Waals surface area contributed by atoms with Gasteiger partial charge in [0.15, 0.2) is 11.6 Å². The molecular formula is C23H29FN4O2. The summed E-state index contributed by atoms with van der Waals surface area (Å²) in [7, 11) is 1.70. The molecule has 30 heavy (non-hydrogen) atoms. The highest BCUT2D eigenvalue weighted by Gasteiger charge is 2.41. The van der Waals surface area contributed by atoms with E-state index in [2.05, 4.69) is 14.9 Å². The highest BCUT2D eigenvalue weighted by atomic mass is 19.1. The van der Waals surface area contributed by atoms with E-state index in [4.69, 9.17) is 4.74 Å². The second kappa shape index (κ2) is 8.20. The molecule has 1 aliphatic carbocycles. The summed E-state index contributed by atoms with van der Waals surface area (Å²) in [5.74, 6) is 0.757. The molecule has 2 aromatic rings. The Balaban J connectivity index is 1.62. The first-order chi connectivity index (χ1) is 14.4. The maximum atomic E-state index is 13.9. The van der Waals surface area contributed by atoms with Crippen LogP contribution < -0.4 is 9.64 Å². The van der Waals surface area contributed by atoms with Gasteiger partial charge in [0.1, 0.15) is 17.9 Å². The van der Waals surface area contributed by atoms with Crippen LogP contribution in [-0.4, -0.2) is 47.0 Å². The van der Waals surface area contributed by atoms with Crippen molar-refractivity contribution in [3.05, 3.63) is 42.1 Å². The Kier molecular flexibility index (Phi) is 5.62. The number of hydrogen-bond acceptors (Lipinski definition) is 5. The molecule has 2 aliphatic rings. The molecule has 7 heteroatoms. The van der Waals surface area contributed by atoms with E-state index >= 15 is 0 Å². The van der Waals surface area contributed by atoms with Gasteiger partial charge in [-0.25, -0.2) is 14.4 Å². The van der Waals surface area contributed by atoms with Gasteiger partial charge in [-0.3, -0.25) is 4.79 Å². The maximum absolute atomic E-state index is 13.9. The summed E-state index contributed by atoms with van der Waals surface area (Å²) >= 11 is 0. The molecule has 1 amide bonds. The number of anilines is 1. The van der Waals surface area contributed by atoms with Crippen LogP contribution in [0.4, 0.5) is 10.2 Å². The van der Waals surface area contributed by atoms with Crippen molar-refractivity contribution in [2.45, 2.75) is 52.0 Å². The molecule has 2 heterocycles. The molecule has 1 saturated heterocycles. The summed E-state index contributed by atoms with van der Waals surface area (Å²) in [6, 6.07) is 4.00. The van der Waals surface area contributed by atoms with Crippen LogP contribution in [0.15, 0.2) is 30.7 Å². The van der Waals surface area contributed by atoms with Gasteiger partial charge < -0.3 is 14.5 Å². The van der Waals surface area contributed by atoms with Gasteiger partial charge in [0, 0.05) is 26.2 Å². The molecule has 0 radical (unpaired) electrons. The minimum atomic E-state index is -0.477. The first-order valence-electron chi connectivity index (χ1n) is 10.7. The summed E-state index contributed by atoms with van der Waals surface area (Å²) in [5, 5.41) is 0. The van der Waals surface area contributed by atoms with Crippen LogP contribution in [0.3, 0.4) is 0 Å². The topological polar surface area (TPSA) is 58.6 Å². The minimum Gasteiger partial charge on any atom is -0.451 e. The zero-order valence-corrected chi connectivity index (χ0v) is 17.9. The standard InChI is InChI=1S/C23H29FN4O2/c1-16(2)27(3)22(29)18-12-17(24)6-7-19(18)30-20-13-25-15-26-21(20)28-11-10-23(14-28)8-4-5-9-23/h6-7,12-13,15-16H,4-5,8-11,14H2,1-3H3. The van der Waals surface area contributed by atoms with Gasteiger partial charge in [-0.15, -0.1) is 0 Å². The number of ether oxygens (including phenoxy) is 1. The molecule has 6 nitrogen and oxygen atoms in total. The summed E-state index contributed by atoms with van der Waals surface area (Å²) < 4.78 is 20.1. The normalized spacial score (nSPS) is 17.7. The molecule has 1 aromatic heterocycles. The zero-order valence-electron chi connectivity index (χ0n) is 17.9.